The molecule has 0 aliphatic rings. The number of rotatable bonds is 3. The monoisotopic (exact) mass is 228 g/mol. The number of nitriles is 1. The van der Waals surface area contributed by atoms with Gasteiger partial charge in [0.2, 0.25) is 0 Å². The molecule has 0 aliphatic heterocycles. The van der Waals surface area contributed by atoms with Gasteiger partial charge in [-0.25, -0.2) is 4.68 Å². The second-order valence-electron chi connectivity index (χ2n) is 3.37. The minimum atomic E-state index is 0.328. The molecule has 0 bridgehead atoms. The van der Waals surface area contributed by atoms with E-state index in [0.717, 1.165) is 5.69 Å². The molecule has 86 valence electrons. The number of nitrogens with one attached hydrogen (secondary N) is 1. The van der Waals surface area contributed by atoms with Crippen molar-refractivity contribution in [3.8, 4) is 11.8 Å². The molecule has 0 unspecified atom stereocenters. The Labute approximate surface area is 98.7 Å². The summed E-state index contributed by atoms with van der Waals surface area (Å²) in [6.45, 7) is 2.62. The number of aromatic nitrogens is 3. The molecular weight excluding hydrogens is 216 g/mol. The molecule has 2 aromatic heterocycles. The molecule has 0 fully saturated rings. The van der Waals surface area contributed by atoms with Gasteiger partial charge >= 0.3 is 0 Å². The van der Waals surface area contributed by atoms with Crippen LogP contribution in [0.5, 0.6) is 0 Å². The molecular formula is C11H12N6. The smallest absolute Gasteiger partial charge is 0.168 e. The maximum atomic E-state index is 9.05. The third-order valence-electron chi connectivity index (χ3n) is 2.28. The van der Waals surface area contributed by atoms with Crippen LogP contribution in [-0.4, -0.2) is 21.3 Å². The quantitative estimate of drug-likeness (QED) is 0.822. The first-order chi connectivity index (χ1) is 8.27. The van der Waals surface area contributed by atoms with Crippen molar-refractivity contribution < 1.29 is 0 Å². The lowest BCUT2D eigenvalue weighted by Gasteiger charge is -2.01. The number of nitrogen functional groups attached to an aromatic ring is 1. The average Bonchev–Trinajstić information content (AvgIpc) is 2.67. The maximum Gasteiger partial charge on any atom is 0.168 e. The highest BCUT2D eigenvalue weighted by Gasteiger charge is 2.15. The SMILES string of the molecule is CCNc1nn(-c2ccncc2)c(N)c1C#N. The molecule has 3 N–H and O–H groups in total. The van der Waals surface area contributed by atoms with Crippen molar-refractivity contribution in [3.05, 3.63) is 30.1 Å². The third kappa shape index (κ3) is 1.90. The van der Waals surface area contributed by atoms with Crippen LogP contribution in [0.15, 0.2) is 24.5 Å². The summed E-state index contributed by atoms with van der Waals surface area (Å²) in [4.78, 5) is 3.92. The lowest BCUT2D eigenvalue weighted by atomic mass is 10.3. The first-order valence-corrected chi connectivity index (χ1v) is 5.20. The van der Waals surface area contributed by atoms with E-state index in [-0.39, 0.29) is 0 Å². The molecule has 0 spiro atoms. The largest absolute Gasteiger partial charge is 0.382 e. The molecule has 0 amide bonds. The number of hydrogen-bond acceptors (Lipinski definition) is 5. The fraction of sp³-hybridized carbons (Fsp3) is 0.182. The van der Waals surface area contributed by atoms with Crippen LogP contribution in [-0.2, 0) is 0 Å². The maximum absolute atomic E-state index is 9.05. The number of nitrogens with zero attached hydrogens (tertiary/aromatic N) is 4. The third-order valence-corrected chi connectivity index (χ3v) is 2.28. The zero-order valence-corrected chi connectivity index (χ0v) is 9.38. The Hall–Kier alpha value is -2.55. The van der Waals surface area contributed by atoms with Crippen molar-refractivity contribution in [2.45, 2.75) is 6.92 Å². The summed E-state index contributed by atoms with van der Waals surface area (Å²) in [5.41, 5.74) is 7.04. The predicted molar refractivity (Wildman–Crippen MR) is 64.7 cm³/mol. The van der Waals surface area contributed by atoms with E-state index in [2.05, 4.69) is 21.5 Å². The number of pyridine rings is 1. The molecule has 0 atom stereocenters. The second-order valence-corrected chi connectivity index (χ2v) is 3.37. The van der Waals surface area contributed by atoms with Crippen LogP contribution in [0.25, 0.3) is 5.69 Å². The van der Waals surface area contributed by atoms with Crippen LogP contribution >= 0.6 is 0 Å². The fourth-order valence-electron chi connectivity index (χ4n) is 1.51. The number of nitrogens with two attached hydrogens (primary N) is 1. The summed E-state index contributed by atoms with van der Waals surface area (Å²) in [6, 6.07) is 5.61. The molecule has 2 rings (SSSR count). The fourth-order valence-corrected chi connectivity index (χ4v) is 1.51. The van der Waals surface area contributed by atoms with E-state index in [1.807, 2.05) is 6.92 Å². The Morgan fingerprint density at radius 3 is 2.76 bits per heavy atom. The lowest BCUT2D eigenvalue weighted by molar-refractivity contribution is 0.887. The summed E-state index contributed by atoms with van der Waals surface area (Å²) >= 11 is 0. The summed E-state index contributed by atoms with van der Waals surface area (Å²) in [6.07, 6.45) is 3.30. The Bertz CT molecular complexity index is 551. The van der Waals surface area contributed by atoms with Crippen molar-refractivity contribution in [2.24, 2.45) is 0 Å². The van der Waals surface area contributed by atoms with Crippen LogP contribution in [0.1, 0.15) is 12.5 Å². The number of hydrogen-bond donors (Lipinski definition) is 2. The van der Waals surface area contributed by atoms with E-state index in [1.165, 1.54) is 4.68 Å². The first kappa shape index (κ1) is 11.0. The van der Waals surface area contributed by atoms with Gasteiger partial charge in [-0.1, -0.05) is 0 Å². The molecule has 6 heteroatoms. The Kier molecular flexibility index (Phi) is 2.92. The molecule has 0 saturated carbocycles. The van der Waals surface area contributed by atoms with Gasteiger partial charge in [0, 0.05) is 18.9 Å². The van der Waals surface area contributed by atoms with Gasteiger partial charge < -0.3 is 11.1 Å². The van der Waals surface area contributed by atoms with E-state index in [4.69, 9.17) is 11.0 Å². The van der Waals surface area contributed by atoms with Gasteiger partial charge in [0.15, 0.2) is 5.82 Å². The van der Waals surface area contributed by atoms with Gasteiger partial charge in [0.25, 0.3) is 0 Å². The Morgan fingerprint density at radius 1 is 1.47 bits per heavy atom. The highest BCUT2D eigenvalue weighted by atomic mass is 15.3. The molecule has 0 aromatic carbocycles. The summed E-state index contributed by atoms with van der Waals surface area (Å²) in [7, 11) is 0. The molecule has 0 aliphatic carbocycles. The van der Waals surface area contributed by atoms with E-state index in [1.54, 1.807) is 24.5 Å². The predicted octanol–water partition coefficient (Wildman–Crippen LogP) is 1.15. The molecule has 0 radical (unpaired) electrons. The zero-order chi connectivity index (χ0) is 12.3. The minimum absolute atomic E-state index is 0.328. The highest BCUT2D eigenvalue weighted by Crippen LogP contribution is 2.23. The Morgan fingerprint density at radius 2 is 2.18 bits per heavy atom. The summed E-state index contributed by atoms with van der Waals surface area (Å²) in [5.74, 6) is 0.832. The summed E-state index contributed by atoms with van der Waals surface area (Å²) < 4.78 is 1.53. The van der Waals surface area contributed by atoms with Crippen molar-refractivity contribution in [1.82, 2.24) is 14.8 Å². The molecule has 2 aromatic rings. The molecule has 17 heavy (non-hydrogen) atoms. The topological polar surface area (TPSA) is 92.6 Å². The number of anilines is 2. The first-order valence-electron chi connectivity index (χ1n) is 5.20. The van der Waals surface area contributed by atoms with E-state index < -0.39 is 0 Å². The van der Waals surface area contributed by atoms with E-state index in [0.29, 0.717) is 23.7 Å². The van der Waals surface area contributed by atoms with Crippen LogP contribution in [0, 0.1) is 11.3 Å². The minimum Gasteiger partial charge on any atom is -0.382 e. The normalized spacial score (nSPS) is 9.88. The van der Waals surface area contributed by atoms with Crippen molar-refractivity contribution >= 4 is 11.6 Å². The standard InChI is InChI=1S/C11H12N6/c1-2-15-11-9(7-12)10(13)17(16-11)8-3-5-14-6-4-8/h3-6H,2,13H2,1H3,(H,15,16). The van der Waals surface area contributed by atoms with Crippen molar-refractivity contribution in [1.29, 1.82) is 5.26 Å². The van der Waals surface area contributed by atoms with Crippen molar-refractivity contribution in [3.63, 3.8) is 0 Å². The summed E-state index contributed by atoms with van der Waals surface area (Å²) in [5, 5.41) is 16.3. The van der Waals surface area contributed by atoms with Gasteiger partial charge in [-0.15, -0.1) is 5.10 Å². The van der Waals surface area contributed by atoms with Crippen LogP contribution in [0.2, 0.25) is 0 Å². The molecule has 0 saturated heterocycles. The van der Waals surface area contributed by atoms with Gasteiger partial charge in [-0.2, -0.15) is 5.26 Å². The van der Waals surface area contributed by atoms with Crippen LogP contribution in [0.3, 0.4) is 0 Å². The van der Waals surface area contributed by atoms with Gasteiger partial charge in [0.05, 0.1) is 5.69 Å². The molecule has 2 heterocycles. The van der Waals surface area contributed by atoms with Crippen molar-refractivity contribution in [2.75, 3.05) is 17.6 Å². The highest BCUT2D eigenvalue weighted by molar-refractivity contribution is 5.65. The molecule has 6 nitrogen and oxygen atoms in total. The van der Waals surface area contributed by atoms with Crippen LogP contribution in [0.4, 0.5) is 11.6 Å². The second kappa shape index (κ2) is 4.53. The zero-order valence-electron chi connectivity index (χ0n) is 9.38. The van der Waals surface area contributed by atoms with Gasteiger partial charge in [-0.3, -0.25) is 4.98 Å². The van der Waals surface area contributed by atoms with Gasteiger partial charge in [-0.05, 0) is 19.1 Å². The van der Waals surface area contributed by atoms with Crippen LogP contribution < -0.4 is 11.1 Å². The van der Waals surface area contributed by atoms with E-state index in [9.17, 15) is 0 Å². The van der Waals surface area contributed by atoms with E-state index >= 15 is 0 Å². The lowest BCUT2D eigenvalue weighted by Crippen LogP contribution is -2.02. The Balaban J connectivity index is 2.54. The van der Waals surface area contributed by atoms with Gasteiger partial charge in [0.1, 0.15) is 17.5 Å². The average molecular weight is 228 g/mol.